The number of benzene rings is 1. The van der Waals surface area contributed by atoms with Crippen LogP contribution in [0.1, 0.15) is 15.9 Å². The van der Waals surface area contributed by atoms with Gasteiger partial charge in [0.05, 0.1) is 17.8 Å². The monoisotopic (exact) mass is 349 g/mol. The number of hydrazone groups is 1. The van der Waals surface area contributed by atoms with Crippen molar-refractivity contribution in [3.05, 3.63) is 52.3 Å². The van der Waals surface area contributed by atoms with Gasteiger partial charge in [0.1, 0.15) is 0 Å². The Morgan fingerprint density at radius 2 is 2.14 bits per heavy atom. The Kier molecular flexibility index (Phi) is 4.89. The summed E-state index contributed by atoms with van der Waals surface area (Å²) in [5.41, 5.74) is 3.46. The van der Waals surface area contributed by atoms with Gasteiger partial charge in [-0.2, -0.15) is 5.10 Å². The second-order valence-electron chi connectivity index (χ2n) is 3.99. The van der Waals surface area contributed by atoms with Gasteiger partial charge in [0.2, 0.25) is 0 Å². The summed E-state index contributed by atoms with van der Waals surface area (Å²) in [5.74, 6) is -0.0211. The number of ether oxygens (including phenoxy) is 1. The molecule has 0 atom stereocenters. The number of carbonyl (C=O) groups excluding carboxylic acids is 1. The van der Waals surface area contributed by atoms with Crippen molar-refractivity contribution in [3.63, 3.8) is 0 Å². The normalized spacial score (nSPS) is 10.6. The van der Waals surface area contributed by atoms with Crippen LogP contribution in [0.3, 0.4) is 0 Å². The Balaban J connectivity index is 2.07. The van der Waals surface area contributed by atoms with Crippen molar-refractivity contribution in [3.8, 4) is 11.5 Å². The maximum Gasteiger partial charge on any atom is 0.271 e. The van der Waals surface area contributed by atoms with E-state index in [0.717, 1.165) is 0 Å². The van der Waals surface area contributed by atoms with Crippen LogP contribution in [0.25, 0.3) is 0 Å². The van der Waals surface area contributed by atoms with Gasteiger partial charge in [0.25, 0.3) is 5.91 Å². The summed E-state index contributed by atoms with van der Waals surface area (Å²) in [6.07, 6.45) is 4.47. The molecular weight excluding hydrogens is 338 g/mol. The Bertz CT molecular complexity index is 651. The van der Waals surface area contributed by atoms with E-state index in [1.54, 1.807) is 18.2 Å². The van der Waals surface area contributed by atoms with Crippen molar-refractivity contribution in [2.75, 3.05) is 7.11 Å². The largest absolute Gasteiger partial charge is 0.504 e. The van der Waals surface area contributed by atoms with Crippen LogP contribution in [0, 0.1) is 0 Å². The van der Waals surface area contributed by atoms with Gasteiger partial charge in [-0.3, -0.25) is 9.78 Å². The summed E-state index contributed by atoms with van der Waals surface area (Å²) in [6, 6.07) is 6.35. The van der Waals surface area contributed by atoms with Crippen LogP contribution >= 0.6 is 15.9 Å². The second-order valence-corrected chi connectivity index (χ2v) is 4.84. The van der Waals surface area contributed by atoms with Crippen LogP contribution in [0.15, 0.2) is 46.2 Å². The zero-order valence-corrected chi connectivity index (χ0v) is 12.7. The molecule has 0 saturated heterocycles. The van der Waals surface area contributed by atoms with Gasteiger partial charge >= 0.3 is 0 Å². The van der Waals surface area contributed by atoms with E-state index in [-0.39, 0.29) is 11.7 Å². The molecule has 0 unspecified atom stereocenters. The predicted molar refractivity (Wildman–Crippen MR) is 81.7 cm³/mol. The van der Waals surface area contributed by atoms with Gasteiger partial charge in [0, 0.05) is 18.0 Å². The summed E-state index contributed by atoms with van der Waals surface area (Å²) in [6.45, 7) is 0. The van der Waals surface area contributed by atoms with Crippen LogP contribution in [-0.4, -0.2) is 29.3 Å². The minimum atomic E-state index is -0.342. The van der Waals surface area contributed by atoms with Crippen LogP contribution in [-0.2, 0) is 0 Å². The maximum atomic E-state index is 11.7. The number of methoxy groups -OCH3 is 1. The Morgan fingerprint density at radius 3 is 2.76 bits per heavy atom. The molecule has 1 aromatic heterocycles. The molecule has 2 aromatic rings. The summed E-state index contributed by atoms with van der Waals surface area (Å²) in [5, 5.41) is 13.6. The number of phenolic OH excluding ortho intramolecular Hbond substituents is 1. The van der Waals surface area contributed by atoms with E-state index in [4.69, 9.17) is 4.74 Å². The minimum absolute atomic E-state index is 0.0196. The third kappa shape index (κ3) is 3.79. The molecule has 108 valence electrons. The molecule has 21 heavy (non-hydrogen) atoms. The molecule has 7 heteroatoms. The summed E-state index contributed by atoms with van der Waals surface area (Å²) < 4.78 is 5.60. The standard InChI is InChI=1S/C14H12BrN3O3/c1-21-13-11(15)6-9(7-12(13)19)8-17-18-14(20)10-2-4-16-5-3-10/h2-8,19H,1H3,(H,18,20). The minimum Gasteiger partial charge on any atom is -0.504 e. The van der Waals surface area contributed by atoms with E-state index in [0.29, 0.717) is 21.3 Å². The molecule has 1 aromatic carbocycles. The Hall–Kier alpha value is -2.41. The Labute approximate surface area is 129 Å². The van der Waals surface area contributed by atoms with Gasteiger partial charge in [-0.15, -0.1) is 0 Å². The number of aromatic nitrogens is 1. The first-order chi connectivity index (χ1) is 10.1. The van der Waals surface area contributed by atoms with Gasteiger partial charge < -0.3 is 9.84 Å². The topological polar surface area (TPSA) is 83.8 Å². The van der Waals surface area contributed by atoms with Crippen molar-refractivity contribution in [2.24, 2.45) is 5.10 Å². The molecule has 0 aliphatic heterocycles. The number of pyridine rings is 1. The average Bonchev–Trinajstić information content (AvgIpc) is 2.48. The lowest BCUT2D eigenvalue weighted by molar-refractivity contribution is 0.0955. The molecule has 0 aliphatic carbocycles. The van der Waals surface area contributed by atoms with Crippen LogP contribution in [0.2, 0.25) is 0 Å². The Morgan fingerprint density at radius 1 is 1.43 bits per heavy atom. The lowest BCUT2D eigenvalue weighted by Gasteiger charge is -2.06. The number of carbonyl (C=O) groups is 1. The van der Waals surface area contributed by atoms with Crippen molar-refractivity contribution < 1.29 is 14.6 Å². The van der Waals surface area contributed by atoms with Crippen LogP contribution < -0.4 is 10.2 Å². The number of halogens is 1. The lowest BCUT2D eigenvalue weighted by Crippen LogP contribution is -2.17. The smallest absolute Gasteiger partial charge is 0.271 e. The molecular formula is C14H12BrN3O3. The molecule has 0 bridgehead atoms. The molecule has 2 N–H and O–H groups in total. The highest BCUT2D eigenvalue weighted by molar-refractivity contribution is 9.10. The number of nitrogens with zero attached hydrogens (tertiary/aromatic N) is 2. The fraction of sp³-hybridized carbons (Fsp3) is 0.0714. The second kappa shape index (κ2) is 6.85. The fourth-order valence-corrected chi connectivity index (χ4v) is 2.24. The van der Waals surface area contributed by atoms with E-state index >= 15 is 0 Å². The first-order valence-electron chi connectivity index (χ1n) is 5.91. The van der Waals surface area contributed by atoms with Crippen LogP contribution in [0.4, 0.5) is 0 Å². The first kappa shape index (κ1) is 15.0. The van der Waals surface area contributed by atoms with Crippen molar-refractivity contribution in [1.29, 1.82) is 0 Å². The summed E-state index contributed by atoms with van der Waals surface area (Å²) >= 11 is 3.27. The van der Waals surface area contributed by atoms with Gasteiger partial charge in [-0.1, -0.05) is 0 Å². The van der Waals surface area contributed by atoms with E-state index in [1.807, 2.05) is 0 Å². The zero-order chi connectivity index (χ0) is 15.2. The lowest BCUT2D eigenvalue weighted by atomic mass is 10.2. The van der Waals surface area contributed by atoms with Crippen molar-refractivity contribution >= 4 is 28.1 Å². The SMILES string of the molecule is COc1c(O)cc(C=NNC(=O)c2ccncc2)cc1Br. The zero-order valence-electron chi connectivity index (χ0n) is 11.1. The van der Waals surface area contributed by atoms with Gasteiger partial charge in [0.15, 0.2) is 11.5 Å². The van der Waals surface area contributed by atoms with E-state index in [1.165, 1.54) is 31.8 Å². The molecule has 1 heterocycles. The number of aromatic hydroxyl groups is 1. The van der Waals surface area contributed by atoms with E-state index in [2.05, 4.69) is 31.4 Å². The molecule has 0 radical (unpaired) electrons. The highest BCUT2D eigenvalue weighted by Crippen LogP contribution is 2.34. The summed E-state index contributed by atoms with van der Waals surface area (Å²) in [7, 11) is 1.46. The molecule has 0 spiro atoms. The maximum absolute atomic E-state index is 11.7. The van der Waals surface area contributed by atoms with Crippen molar-refractivity contribution in [1.82, 2.24) is 10.4 Å². The molecule has 0 fully saturated rings. The molecule has 2 rings (SSSR count). The quantitative estimate of drug-likeness (QED) is 0.655. The number of phenols is 1. The number of hydrogen-bond acceptors (Lipinski definition) is 5. The highest BCUT2D eigenvalue weighted by Gasteiger charge is 2.08. The average molecular weight is 350 g/mol. The van der Waals surface area contributed by atoms with Crippen LogP contribution in [0.5, 0.6) is 11.5 Å². The number of nitrogens with one attached hydrogen (secondary N) is 1. The third-order valence-electron chi connectivity index (χ3n) is 2.57. The molecule has 1 amide bonds. The number of hydrogen-bond donors (Lipinski definition) is 2. The van der Waals surface area contributed by atoms with Gasteiger partial charge in [-0.05, 0) is 45.8 Å². The molecule has 0 saturated carbocycles. The van der Waals surface area contributed by atoms with Crippen molar-refractivity contribution in [2.45, 2.75) is 0 Å². The first-order valence-corrected chi connectivity index (χ1v) is 6.71. The summed E-state index contributed by atoms with van der Waals surface area (Å²) in [4.78, 5) is 15.6. The third-order valence-corrected chi connectivity index (χ3v) is 3.16. The van der Waals surface area contributed by atoms with E-state index in [9.17, 15) is 9.90 Å². The number of rotatable bonds is 4. The fourth-order valence-electron chi connectivity index (χ4n) is 1.61. The van der Waals surface area contributed by atoms with Gasteiger partial charge in [-0.25, -0.2) is 5.43 Å². The predicted octanol–water partition coefficient (Wildman–Crippen LogP) is 2.32. The van der Waals surface area contributed by atoms with E-state index < -0.39 is 0 Å². The molecule has 6 nitrogen and oxygen atoms in total. The highest BCUT2D eigenvalue weighted by atomic mass is 79.9. The molecule has 0 aliphatic rings. The number of amides is 1.